The fraction of sp³-hybridized carbons (Fsp3) is 0.562. The van der Waals surface area contributed by atoms with Crippen LogP contribution in [0, 0.1) is 0 Å². The zero-order chi connectivity index (χ0) is 14.0. The van der Waals surface area contributed by atoms with Crippen molar-refractivity contribution in [3.63, 3.8) is 0 Å². The van der Waals surface area contributed by atoms with E-state index in [1.165, 1.54) is 5.56 Å². The number of hydrogen-bond acceptors (Lipinski definition) is 2. The second kappa shape index (κ2) is 5.74. The van der Waals surface area contributed by atoms with E-state index in [2.05, 4.69) is 38.1 Å². The number of rotatable bonds is 3. The predicted octanol–water partition coefficient (Wildman–Crippen LogP) is 2.82. The summed E-state index contributed by atoms with van der Waals surface area (Å²) in [6.45, 7) is 7.11. The number of piperidine rings is 1. The summed E-state index contributed by atoms with van der Waals surface area (Å²) < 4.78 is 0. The van der Waals surface area contributed by atoms with Crippen LogP contribution in [0.2, 0.25) is 0 Å². The summed E-state index contributed by atoms with van der Waals surface area (Å²) in [4.78, 5) is 13.9. The first-order valence-corrected chi connectivity index (χ1v) is 7.19. The van der Waals surface area contributed by atoms with E-state index < -0.39 is 0 Å². The molecule has 1 heterocycles. The van der Waals surface area contributed by atoms with Crippen LogP contribution < -0.4 is 5.73 Å². The molecule has 1 aromatic carbocycles. The highest BCUT2D eigenvalue weighted by atomic mass is 16.2. The van der Waals surface area contributed by atoms with Crippen molar-refractivity contribution in [3.05, 3.63) is 35.4 Å². The Labute approximate surface area is 115 Å². The summed E-state index contributed by atoms with van der Waals surface area (Å²) in [5, 5.41) is 0. The molecule has 1 aromatic rings. The van der Waals surface area contributed by atoms with Crippen LogP contribution >= 0.6 is 0 Å². The van der Waals surface area contributed by atoms with Gasteiger partial charge in [-0.15, -0.1) is 0 Å². The lowest BCUT2D eigenvalue weighted by Crippen LogP contribution is -2.48. The van der Waals surface area contributed by atoms with Gasteiger partial charge in [-0.25, -0.2) is 0 Å². The molecule has 2 rings (SSSR count). The van der Waals surface area contributed by atoms with Crippen molar-refractivity contribution in [2.75, 3.05) is 6.54 Å². The summed E-state index contributed by atoms with van der Waals surface area (Å²) in [7, 11) is 0. The summed E-state index contributed by atoms with van der Waals surface area (Å²) in [5.74, 6) is 0.750. The Morgan fingerprint density at radius 3 is 2.47 bits per heavy atom. The van der Waals surface area contributed by atoms with Crippen molar-refractivity contribution in [1.29, 1.82) is 0 Å². The van der Waals surface area contributed by atoms with Crippen LogP contribution in [0.5, 0.6) is 0 Å². The number of nitrogens with zero attached hydrogens (tertiary/aromatic N) is 1. The van der Waals surface area contributed by atoms with E-state index in [1.807, 2.05) is 11.8 Å². The summed E-state index contributed by atoms with van der Waals surface area (Å²) in [6.07, 6.45) is 1.36. The SMILES string of the molecule is CCN1C(=O)CCC(N)C1c1ccc(C(C)C)cc1. The van der Waals surface area contributed by atoms with Gasteiger partial charge in [0.25, 0.3) is 0 Å². The van der Waals surface area contributed by atoms with Gasteiger partial charge in [-0.1, -0.05) is 38.1 Å². The molecule has 0 radical (unpaired) electrons. The van der Waals surface area contributed by atoms with Gasteiger partial charge < -0.3 is 10.6 Å². The van der Waals surface area contributed by atoms with Crippen molar-refractivity contribution in [3.8, 4) is 0 Å². The summed E-state index contributed by atoms with van der Waals surface area (Å²) >= 11 is 0. The van der Waals surface area contributed by atoms with Gasteiger partial charge in [-0.2, -0.15) is 0 Å². The summed E-state index contributed by atoms with van der Waals surface area (Å²) in [5.41, 5.74) is 8.72. The lowest BCUT2D eigenvalue weighted by molar-refractivity contribution is -0.137. The Bertz CT molecular complexity index is 439. The number of carbonyl (C=O) groups excluding carboxylic acids is 1. The molecule has 0 aromatic heterocycles. The molecule has 0 aliphatic carbocycles. The maximum absolute atomic E-state index is 12.0. The monoisotopic (exact) mass is 260 g/mol. The van der Waals surface area contributed by atoms with Crippen molar-refractivity contribution in [2.45, 2.75) is 51.6 Å². The Kier molecular flexibility index (Phi) is 4.25. The molecule has 1 aliphatic heterocycles. The number of carbonyl (C=O) groups is 1. The minimum atomic E-state index is 0.0347. The molecule has 0 saturated carbocycles. The Hall–Kier alpha value is -1.35. The fourth-order valence-electron chi connectivity index (χ4n) is 2.86. The van der Waals surface area contributed by atoms with Gasteiger partial charge >= 0.3 is 0 Å². The number of nitrogens with two attached hydrogens (primary N) is 1. The van der Waals surface area contributed by atoms with Crippen LogP contribution in [0.3, 0.4) is 0 Å². The molecule has 19 heavy (non-hydrogen) atoms. The highest BCUT2D eigenvalue weighted by molar-refractivity contribution is 5.77. The van der Waals surface area contributed by atoms with E-state index in [-0.39, 0.29) is 18.0 Å². The standard InChI is InChI=1S/C16H24N2O/c1-4-18-15(19)10-9-14(17)16(18)13-7-5-12(6-8-13)11(2)3/h5-8,11,14,16H,4,9-10,17H2,1-3H3. The van der Waals surface area contributed by atoms with E-state index in [1.54, 1.807) is 0 Å². The molecule has 1 amide bonds. The number of likely N-dealkylation sites (tertiary alicyclic amines) is 1. The van der Waals surface area contributed by atoms with Crippen LogP contribution in [0.25, 0.3) is 0 Å². The number of likely N-dealkylation sites (N-methyl/N-ethyl adjacent to an activating group) is 1. The first-order chi connectivity index (χ1) is 9.04. The lowest BCUT2D eigenvalue weighted by atomic mass is 9.89. The molecule has 2 unspecified atom stereocenters. The van der Waals surface area contributed by atoms with Gasteiger partial charge in [-0.05, 0) is 30.4 Å². The smallest absolute Gasteiger partial charge is 0.223 e. The molecule has 1 aliphatic rings. The van der Waals surface area contributed by atoms with Crippen molar-refractivity contribution < 1.29 is 4.79 Å². The number of benzene rings is 1. The molecular weight excluding hydrogens is 236 g/mol. The molecule has 2 N–H and O–H groups in total. The quantitative estimate of drug-likeness (QED) is 0.908. The van der Waals surface area contributed by atoms with Crippen LogP contribution in [0.15, 0.2) is 24.3 Å². The largest absolute Gasteiger partial charge is 0.334 e. The van der Waals surface area contributed by atoms with E-state index >= 15 is 0 Å². The molecule has 0 bridgehead atoms. The summed E-state index contributed by atoms with van der Waals surface area (Å²) in [6, 6.07) is 8.64. The zero-order valence-corrected chi connectivity index (χ0v) is 12.1. The molecule has 2 atom stereocenters. The molecule has 1 saturated heterocycles. The minimum Gasteiger partial charge on any atom is -0.334 e. The second-order valence-electron chi connectivity index (χ2n) is 5.65. The maximum atomic E-state index is 12.0. The van der Waals surface area contributed by atoms with Gasteiger partial charge in [0.2, 0.25) is 5.91 Å². The number of hydrogen-bond donors (Lipinski definition) is 1. The van der Waals surface area contributed by atoms with Crippen molar-refractivity contribution in [2.24, 2.45) is 5.73 Å². The Morgan fingerprint density at radius 2 is 1.95 bits per heavy atom. The van der Waals surface area contributed by atoms with E-state index in [4.69, 9.17) is 5.73 Å². The van der Waals surface area contributed by atoms with Crippen LogP contribution in [0.4, 0.5) is 0 Å². The van der Waals surface area contributed by atoms with E-state index in [0.717, 1.165) is 18.5 Å². The third kappa shape index (κ3) is 2.81. The molecule has 1 fully saturated rings. The Morgan fingerprint density at radius 1 is 1.32 bits per heavy atom. The normalized spacial score (nSPS) is 24.1. The average molecular weight is 260 g/mol. The van der Waals surface area contributed by atoms with Gasteiger partial charge in [-0.3, -0.25) is 4.79 Å². The van der Waals surface area contributed by atoms with Gasteiger partial charge in [0.1, 0.15) is 0 Å². The molecular formula is C16H24N2O. The highest BCUT2D eigenvalue weighted by Gasteiger charge is 2.33. The number of amides is 1. The predicted molar refractivity (Wildman–Crippen MR) is 77.9 cm³/mol. The van der Waals surface area contributed by atoms with Gasteiger partial charge in [0.15, 0.2) is 0 Å². The van der Waals surface area contributed by atoms with Crippen LogP contribution in [-0.4, -0.2) is 23.4 Å². The zero-order valence-electron chi connectivity index (χ0n) is 12.1. The average Bonchev–Trinajstić information content (AvgIpc) is 2.41. The molecule has 0 spiro atoms. The molecule has 104 valence electrons. The van der Waals surface area contributed by atoms with Crippen LogP contribution in [-0.2, 0) is 4.79 Å². The Balaban J connectivity index is 2.28. The topological polar surface area (TPSA) is 46.3 Å². The van der Waals surface area contributed by atoms with Gasteiger partial charge in [0.05, 0.1) is 6.04 Å². The molecule has 3 nitrogen and oxygen atoms in total. The van der Waals surface area contributed by atoms with E-state index in [0.29, 0.717) is 12.3 Å². The maximum Gasteiger partial charge on any atom is 0.223 e. The lowest BCUT2D eigenvalue weighted by Gasteiger charge is -2.39. The first kappa shape index (κ1) is 14.1. The minimum absolute atomic E-state index is 0.0347. The van der Waals surface area contributed by atoms with Gasteiger partial charge in [0, 0.05) is 19.0 Å². The third-order valence-corrected chi connectivity index (χ3v) is 4.04. The van der Waals surface area contributed by atoms with Crippen molar-refractivity contribution >= 4 is 5.91 Å². The van der Waals surface area contributed by atoms with Crippen molar-refractivity contribution in [1.82, 2.24) is 4.90 Å². The van der Waals surface area contributed by atoms with E-state index in [9.17, 15) is 4.79 Å². The first-order valence-electron chi connectivity index (χ1n) is 7.19. The third-order valence-electron chi connectivity index (χ3n) is 4.04. The second-order valence-corrected chi connectivity index (χ2v) is 5.65. The fourth-order valence-corrected chi connectivity index (χ4v) is 2.86. The highest BCUT2D eigenvalue weighted by Crippen LogP contribution is 2.31. The van der Waals surface area contributed by atoms with Crippen LogP contribution in [0.1, 0.15) is 56.7 Å². The molecule has 3 heteroatoms.